The average Bonchev–Trinajstić information content (AvgIpc) is 2.66. The number of benzene rings is 1. The number of hydrogen-bond donors (Lipinski definition) is 2. The van der Waals surface area contributed by atoms with Crippen molar-refractivity contribution in [1.29, 1.82) is 0 Å². The molecule has 2 rings (SSSR count). The molecule has 3 amide bonds. The van der Waals surface area contributed by atoms with Gasteiger partial charge in [-0.1, -0.05) is 43.8 Å². The van der Waals surface area contributed by atoms with Crippen molar-refractivity contribution in [3.05, 3.63) is 54.2 Å². The molecule has 7 nitrogen and oxygen atoms in total. The molecule has 1 aromatic heterocycles. The summed E-state index contributed by atoms with van der Waals surface area (Å²) in [6.45, 7) is 3.75. The molecular formula is C19H21N3O4S. The van der Waals surface area contributed by atoms with Crippen LogP contribution in [0.4, 0.5) is 4.79 Å². The summed E-state index contributed by atoms with van der Waals surface area (Å²) in [5, 5.41) is 5.13. The Kier molecular flexibility index (Phi) is 7.81. The number of pyridine rings is 1. The third kappa shape index (κ3) is 7.10. The maximum Gasteiger partial charge on any atom is 0.341 e. The Hall–Kier alpha value is -2.87. The molecule has 2 N–H and O–H groups in total. The first-order chi connectivity index (χ1) is 13.0. The lowest BCUT2D eigenvalue weighted by Gasteiger charge is -2.10. The van der Waals surface area contributed by atoms with E-state index in [1.807, 2.05) is 44.2 Å². The molecule has 0 bridgehead atoms. The highest BCUT2D eigenvalue weighted by molar-refractivity contribution is 7.99. The molecule has 142 valence electrons. The van der Waals surface area contributed by atoms with Gasteiger partial charge in [-0.25, -0.2) is 14.6 Å². The summed E-state index contributed by atoms with van der Waals surface area (Å²) in [4.78, 5) is 40.7. The minimum absolute atomic E-state index is 0.253. The number of amides is 3. The van der Waals surface area contributed by atoms with Gasteiger partial charge in [0.25, 0.3) is 5.91 Å². The molecule has 0 saturated heterocycles. The van der Waals surface area contributed by atoms with Gasteiger partial charge >= 0.3 is 12.0 Å². The van der Waals surface area contributed by atoms with Gasteiger partial charge in [0.1, 0.15) is 5.03 Å². The molecule has 0 aliphatic rings. The fourth-order valence-electron chi connectivity index (χ4n) is 1.94. The van der Waals surface area contributed by atoms with Crippen LogP contribution < -0.4 is 10.6 Å². The zero-order valence-electron chi connectivity index (χ0n) is 15.1. The van der Waals surface area contributed by atoms with E-state index < -0.39 is 24.5 Å². The van der Waals surface area contributed by atoms with Gasteiger partial charge in [-0.3, -0.25) is 10.1 Å². The smallest absolute Gasteiger partial charge is 0.341 e. The first-order valence-electron chi connectivity index (χ1n) is 8.38. The number of ether oxygens (including phenoxy) is 1. The zero-order valence-corrected chi connectivity index (χ0v) is 15.9. The van der Waals surface area contributed by atoms with Crippen molar-refractivity contribution in [3.8, 4) is 0 Å². The third-order valence-corrected chi connectivity index (χ3v) is 4.23. The Labute approximate surface area is 161 Å². The van der Waals surface area contributed by atoms with Crippen LogP contribution in [0.3, 0.4) is 0 Å². The van der Waals surface area contributed by atoms with E-state index in [0.29, 0.717) is 11.6 Å². The van der Waals surface area contributed by atoms with Gasteiger partial charge in [0.05, 0.1) is 5.56 Å². The zero-order chi connectivity index (χ0) is 19.6. The highest BCUT2D eigenvalue weighted by Gasteiger charge is 2.17. The number of carbonyl (C=O) groups is 3. The summed E-state index contributed by atoms with van der Waals surface area (Å²) >= 11 is 1.32. The molecule has 0 fully saturated rings. The van der Waals surface area contributed by atoms with Crippen molar-refractivity contribution >= 4 is 29.7 Å². The number of nitrogens with one attached hydrogen (secondary N) is 2. The molecule has 1 heterocycles. The molecule has 1 aromatic carbocycles. The van der Waals surface area contributed by atoms with Crippen LogP contribution in [-0.2, 0) is 9.53 Å². The Morgan fingerprint density at radius 3 is 2.56 bits per heavy atom. The van der Waals surface area contributed by atoms with Gasteiger partial charge in [-0.05, 0) is 30.2 Å². The Bertz CT molecular complexity index is 797. The number of hydrogen-bond acceptors (Lipinski definition) is 6. The molecule has 0 saturated carbocycles. The average molecular weight is 387 g/mol. The highest BCUT2D eigenvalue weighted by Crippen LogP contribution is 2.28. The maximum atomic E-state index is 12.3. The second-order valence-corrected chi connectivity index (χ2v) is 7.06. The fourth-order valence-corrected chi connectivity index (χ4v) is 2.83. The van der Waals surface area contributed by atoms with Crippen LogP contribution in [0.15, 0.2) is 58.6 Å². The minimum Gasteiger partial charge on any atom is -0.452 e. The van der Waals surface area contributed by atoms with E-state index in [2.05, 4.69) is 15.6 Å². The Morgan fingerprint density at radius 1 is 1.11 bits per heavy atom. The summed E-state index contributed by atoms with van der Waals surface area (Å²) in [5.41, 5.74) is 0.253. The summed E-state index contributed by atoms with van der Waals surface area (Å²) < 4.78 is 5.01. The van der Waals surface area contributed by atoms with Crippen LogP contribution in [-0.4, -0.2) is 36.0 Å². The largest absolute Gasteiger partial charge is 0.452 e. The van der Waals surface area contributed by atoms with Crippen molar-refractivity contribution in [2.24, 2.45) is 5.92 Å². The molecule has 0 spiro atoms. The molecule has 0 aliphatic heterocycles. The summed E-state index contributed by atoms with van der Waals surface area (Å²) in [7, 11) is 0. The standard InChI is InChI=1S/C19H21N3O4S/c1-13(2)11-21-19(25)22-16(23)12-26-18(24)15-9-6-10-20-17(15)27-14-7-4-3-5-8-14/h3-10,13H,11-12H2,1-2H3,(H2,21,22,23,25). The van der Waals surface area contributed by atoms with E-state index in [-0.39, 0.29) is 11.5 Å². The molecule has 0 aliphatic carbocycles. The van der Waals surface area contributed by atoms with Gasteiger partial charge in [-0.2, -0.15) is 0 Å². The van der Waals surface area contributed by atoms with Crippen molar-refractivity contribution in [2.45, 2.75) is 23.8 Å². The lowest BCUT2D eigenvalue weighted by molar-refractivity contribution is -0.123. The van der Waals surface area contributed by atoms with Crippen LogP contribution >= 0.6 is 11.8 Å². The normalized spacial score (nSPS) is 10.3. The summed E-state index contributed by atoms with van der Waals surface area (Å²) in [5.74, 6) is -1.13. The van der Waals surface area contributed by atoms with Gasteiger partial charge in [0, 0.05) is 17.6 Å². The first kappa shape index (κ1) is 20.4. The number of rotatable bonds is 7. The van der Waals surface area contributed by atoms with Crippen molar-refractivity contribution in [1.82, 2.24) is 15.6 Å². The molecule has 8 heteroatoms. The van der Waals surface area contributed by atoms with E-state index in [1.54, 1.807) is 18.3 Å². The Morgan fingerprint density at radius 2 is 1.85 bits per heavy atom. The lowest BCUT2D eigenvalue weighted by atomic mass is 10.2. The number of imide groups is 1. The second-order valence-electron chi connectivity index (χ2n) is 6.00. The molecular weight excluding hydrogens is 366 g/mol. The minimum atomic E-state index is -0.703. The molecule has 27 heavy (non-hydrogen) atoms. The quantitative estimate of drug-likeness (QED) is 0.709. The van der Waals surface area contributed by atoms with Crippen LogP contribution in [0.2, 0.25) is 0 Å². The van der Waals surface area contributed by atoms with E-state index in [1.165, 1.54) is 11.8 Å². The predicted molar refractivity (Wildman–Crippen MR) is 101 cm³/mol. The third-order valence-electron chi connectivity index (χ3n) is 3.21. The molecule has 0 atom stereocenters. The van der Waals surface area contributed by atoms with Gasteiger partial charge < -0.3 is 10.1 Å². The Balaban J connectivity index is 1.90. The maximum absolute atomic E-state index is 12.3. The summed E-state index contributed by atoms with van der Waals surface area (Å²) in [6, 6.07) is 12.0. The van der Waals surface area contributed by atoms with Crippen LogP contribution in [0, 0.1) is 5.92 Å². The number of nitrogens with zero attached hydrogens (tertiary/aromatic N) is 1. The predicted octanol–water partition coefficient (Wildman–Crippen LogP) is 2.87. The van der Waals surface area contributed by atoms with E-state index in [0.717, 1.165) is 4.90 Å². The van der Waals surface area contributed by atoms with Crippen molar-refractivity contribution in [2.75, 3.05) is 13.2 Å². The van der Waals surface area contributed by atoms with E-state index in [4.69, 9.17) is 4.74 Å². The van der Waals surface area contributed by atoms with E-state index >= 15 is 0 Å². The molecule has 0 unspecified atom stereocenters. The number of esters is 1. The topological polar surface area (TPSA) is 97.4 Å². The van der Waals surface area contributed by atoms with Crippen LogP contribution in [0.25, 0.3) is 0 Å². The monoisotopic (exact) mass is 387 g/mol. The van der Waals surface area contributed by atoms with Gasteiger partial charge in [0.2, 0.25) is 0 Å². The van der Waals surface area contributed by atoms with Crippen LogP contribution in [0.5, 0.6) is 0 Å². The molecule has 0 radical (unpaired) electrons. The molecule has 2 aromatic rings. The fraction of sp³-hybridized carbons (Fsp3) is 0.263. The van der Waals surface area contributed by atoms with Crippen molar-refractivity contribution in [3.63, 3.8) is 0 Å². The SMILES string of the molecule is CC(C)CNC(=O)NC(=O)COC(=O)c1cccnc1Sc1ccccc1. The van der Waals surface area contributed by atoms with Crippen molar-refractivity contribution < 1.29 is 19.1 Å². The lowest BCUT2D eigenvalue weighted by Crippen LogP contribution is -2.42. The van der Waals surface area contributed by atoms with Gasteiger partial charge in [0.15, 0.2) is 6.61 Å². The van der Waals surface area contributed by atoms with Crippen LogP contribution in [0.1, 0.15) is 24.2 Å². The first-order valence-corrected chi connectivity index (χ1v) is 9.20. The van der Waals surface area contributed by atoms with Gasteiger partial charge in [-0.15, -0.1) is 0 Å². The summed E-state index contributed by atoms with van der Waals surface area (Å²) in [6.07, 6.45) is 1.58. The highest BCUT2D eigenvalue weighted by atomic mass is 32.2. The van der Waals surface area contributed by atoms with E-state index in [9.17, 15) is 14.4 Å². The number of urea groups is 1. The second kappa shape index (κ2) is 10.3. The number of carbonyl (C=O) groups excluding carboxylic acids is 3. The number of aromatic nitrogens is 1.